The van der Waals surface area contributed by atoms with Gasteiger partial charge in [-0.25, -0.2) is 0 Å². The number of aromatic nitrogens is 2. The van der Waals surface area contributed by atoms with Crippen LogP contribution >= 0.6 is 0 Å². The fourth-order valence-electron chi connectivity index (χ4n) is 3.03. The summed E-state index contributed by atoms with van der Waals surface area (Å²) < 4.78 is 1.87. The van der Waals surface area contributed by atoms with Gasteiger partial charge in [0.1, 0.15) is 0 Å². The van der Waals surface area contributed by atoms with Gasteiger partial charge in [-0.05, 0) is 18.5 Å². The van der Waals surface area contributed by atoms with Crippen molar-refractivity contribution in [3.05, 3.63) is 18.0 Å². The molecule has 1 saturated heterocycles. The van der Waals surface area contributed by atoms with Crippen LogP contribution in [0.2, 0.25) is 0 Å². The van der Waals surface area contributed by atoms with Gasteiger partial charge in [0.2, 0.25) is 0 Å². The van der Waals surface area contributed by atoms with Crippen LogP contribution in [-0.4, -0.2) is 78.4 Å². The molecular formula is C17H33N7. The smallest absolute Gasteiger partial charge is 0.191 e. The van der Waals surface area contributed by atoms with Gasteiger partial charge < -0.3 is 20.4 Å². The lowest BCUT2D eigenvalue weighted by Crippen LogP contribution is -2.48. The largest absolute Gasteiger partial charge is 0.356 e. The van der Waals surface area contributed by atoms with Gasteiger partial charge in [0, 0.05) is 59.6 Å². The van der Waals surface area contributed by atoms with Crippen molar-refractivity contribution in [3.63, 3.8) is 0 Å². The van der Waals surface area contributed by atoms with Crippen molar-refractivity contribution in [2.75, 3.05) is 52.9 Å². The summed E-state index contributed by atoms with van der Waals surface area (Å²) in [6.07, 6.45) is 1.81. The Morgan fingerprint density at radius 2 is 1.96 bits per heavy atom. The molecule has 0 bridgehead atoms. The minimum Gasteiger partial charge on any atom is -0.356 e. The highest BCUT2D eigenvalue weighted by Gasteiger charge is 2.17. The molecule has 7 nitrogen and oxygen atoms in total. The van der Waals surface area contributed by atoms with E-state index in [4.69, 9.17) is 0 Å². The topological polar surface area (TPSA) is 60.7 Å². The molecule has 136 valence electrons. The van der Waals surface area contributed by atoms with Gasteiger partial charge in [-0.2, -0.15) is 5.10 Å². The zero-order chi connectivity index (χ0) is 17.4. The Morgan fingerprint density at radius 1 is 1.25 bits per heavy atom. The standard InChI is InChI=1S/C17H33N7/c1-5-23-8-10-24(11-9-23)14-15(2)12-19-17(18-3)20-13-16-6-7-21-22(16)4/h6-7,15H,5,8-14H2,1-4H3,(H2,18,19,20). The van der Waals surface area contributed by atoms with Crippen LogP contribution in [0.3, 0.4) is 0 Å². The van der Waals surface area contributed by atoms with E-state index in [2.05, 4.69) is 44.4 Å². The fourth-order valence-corrected chi connectivity index (χ4v) is 3.03. The van der Waals surface area contributed by atoms with Gasteiger partial charge in [0.05, 0.1) is 12.2 Å². The summed E-state index contributed by atoms with van der Waals surface area (Å²) in [4.78, 5) is 9.39. The van der Waals surface area contributed by atoms with E-state index >= 15 is 0 Å². The molecule has 1 fully saturated rings. The molecule has 0 aliphatic carbocycles. The number of aliphatic imine (C=N–C) groups is 1. The molecule has 2 N–H and O–H groups in total. The molecule has 24 heavy (non-hydrogen) atoms. The van der Waals surface area contributed by atoms with E-state index in [9.17, 15) is 0 Å². The third-order valence-electron chi connectivity index (χ3n) is 4.68. The first-order valence-corrected chi connectivity index (χ1v) is 8.98. The van der Waals surface area contributed by atoms with Crippen LogP contribution in [0.5, 0.6) is 0 Å². The second-order valence-corrected chi connectivity index (χ2v) is 6.59. The van der Waals surface area contributed by atoms with E-state index in [0.29, 0.717) is 5.92 Å². The van der Waals surface area contributed by atoms with Crippen LogP contribution in [-0.2, 0) is 13.6 Å². The van der Waals surface area contributed by atoms with Crippen molar-refractivity contribution in [1.29, 1.82) is 0 Å². The third kappa shape index (κ3) is 5.79. The fraction of sp³-hybridized carbons (Fsp3) is 0.765. The van der Waals surface area contributed by atoms with Crippen LogP contribution in [0.15, 0.2) is 17.3 Å². The lowest BCUT2D eigenvalue weighted by Gasteiger charge is -2.35. The van der Waals surface area contributed by atoms with Crippen LogP contribution in [0, 0.1) is 5.92 Å². The third-order valence-corrected chi connectivity index (χ3v) is 4.68. The molecule has 0 amide bonds. The van der Waals surface area contributed by atoms with Crippen molar-refractivity contribution in [2.45, 2.75) is 20.4 Å². The normalized spacial score (nSPS) is 18.6. The first kappa shape index (κ1) is 18.7. The van der Waals surface area contributed by atoms with Crippen molar-refractivity contribution < 1.29 is 0 Å². The van der Waals surface area contributed by atoms with Crippen LogP contribution < -0.4 is 10.6 Å². The first-order chi connectivity index (χ1) is 11.6. The van der Waals surface area contributed by atoms with E-state index < -0.39 is 0 Å². The van der Waals surface area contributed by atoms with Crippen LogP contribution in [0.25, 0.3) is 0 Å². The number of rotatable bonds is 7. The van der Waals surface area contributed by atoms with Crippen molar-refractivity contribution in [2.24, 2.45) is 18.0 Å². The number of nitrogens with one attached hydrogen (secondary N) is 2. The quantitative estimate of drug-likeness (QED) is 0.556. The molecule has 0 saturated carbocycles. The zero-order valence-electron chi connectivity index (χ0n) is 15.6. The molecule has 1 aliphatic heterocycles. The predicted molar refractivity (Wildman–Crippen MR) is 99.1 cm³/mol. The van der Waals surface area contributed by atoms with Crippen molar-refractivity contribution >= 4 is 5.96 Å². The van der Waals surface area contributed by atoms with Crippen LogP contribution in [0.1, 0.15) is 19.5 Å². The highest BCUT2D eigenvalue weighted by Crippen LogP contribution is 2.05. The Kier molecular flexibility index (Phi) is 7.52. The van der Waals surface area contributed by atoms with E-state index in [0.717, 1.165) is 31.3 Å². The number of nitrogens with zero attached hydrogens (tertiary/aromatic N) is 5. The second kappa shape index (κ2) is 9.64. The summed E-state index contributed by atoms with van der Waals surface area (Å²) in [7, 11) is 3.76. The SMILES string of the molecule is CCN1CCN(CC(C)CNC(=NC)NCc2ccnn2C)CC1. The predicted octanol–water partition coefficient (Wildman–Crippen LogP) is 0.359. The van der Waals surface area contributed by atoms with Gasteiger partial charge in [-0.3, -0.25) is 9.67 Å². The van der Waals surface area contributed by atoms with Gasteiger partial charge in [0.15, 0.2) is 5.96 Å². The van der Waals surface area contributed by atoms with E-state index in [1.807, 2.05) is 31.0 Å². The molecule has 1 unspecified atom stereocenters. The maximum atomic E-state index is 4.30. The van der Waals surface area contributed by atoms with Gasteiger partial charge >= 0.3 is 0 Å². The lowest BCUT2D eigenvalue weighted by atomic mass is 10.1. The van der Waals surface area contributed by atoms with Crippen molar-refractivity contribution in [3.8, 4) is 0 Å². The molecule has 0 spiro atoms. The number of hydrogen-bond acceptors (Lipinski definition) is 4. The summed E-state index contributed by atoms with van der Waals surface area (Å²) >= 11 is 0. The van der Waals surface area contributed by atoms with Crippen molar-refractivity contribution in [1.82, 2.24) is 30.2 Å². The Bertz CT molecular complexity index is 503. The molecule has 2 heterocycles. The Labute approximate surface area is 146 Å². The molecule has 1 aromatic heterocycles. The Morgan fingerprint density at radius 3 is 2.54 bits per heavy atom. The molecule has 1 aromatic rings. The zero-order valence-corrected chi connectivity index (χ0v) is 15.6. The highest BCUT2D eigenvalue weighted by atomic mass is 15.3. The maximum Gasteiger partial charge on any atom is 0.191 e. The minimum absolute atomic E-state index is 0.591. The first-order valence-electron chi connectivity index (χ1n) is 8.98. The van der Waals surface area contributed by atoms with E-state index in [1.54, 1.807) is 0 Å². The van der Waals surface area contributed by atoms with Crippen LogP contribution in [0.4, 0.5) is 0 Å². The Balaban J connectivity index is 1.66. The van der Waals surface area contributed by atoms with Gasteiger partial charge in [-0.1, -0.05) is 13.8 Å². The molecule has 2 rings (SSSR count). The number of likely N-dealkylation sites (N-methyl/N-ethyl adjacent to an activating group) is 1. The summed E-state index contributed by atoms with van der Waals surface area (Å²) in [5, 5.41) is 11.0. The molecule has 1 aliphatic rings. The second-order valence-electron chi connectivity index (χ2n) is 6.59. The van der Waals surface area contributed by atoms with E-state index in [-0.39, 0.29) is 0 Å². The van der Waals surface area contributed by atoms with Gasteiger partial charge in [-0.15, -0.1) is 0 Å². The number of piperazine rings is 1. The maximum absolute atomic E-state index is 4.30. The Hall–Kier alpha value is -1.60. The number of aryl methyl sites for hydroxylation is 1. The number of guanidine groups is 1. The summed E-state index contributed by atoms with van der Waals surface area (Å²) in [5.74, 6) is 1.44. The lowest BCUT2D eigenvalue weighted by molar-refractivity contribution is 0.124. The summed E-state index contributed by atoms with van der Waals surface area (Å²) in [5.41, 5.74) is 1.14. The monoisotopic (exact) mass is 335 g/mol. The number of hydrogen-bond donors (Lipinski definition) is 2. The molecule has 0 radical (unpaired) electrons. The minimum atomic E-state index is 0.591. The molecule has 1 atom stereocenters. The summed E-state index contributed by atoms with van der Waals surface area (Å²) in [6, 6.07) is 2.01. The molecular weight excluding hydrogens is 302 g/mol. The molecule has 0 aromatic carbocycles. The van der Waals surface area contributed by atoms with E-state index in [1.165, 1.54) is 32.7 Å². The average Bonchev–Trinajstić information content (AvgIpc) is 3.01. The van der Waals surface area contributed by atoms with Gasteiger partial charge in [0.25, 0.3) is 0 Å². The molecule has 7 heteroatoms. The average molecular weight is 336 g/mol. The summed E-state index contributed by atoms with van der Waals surface area (Å²) in [6.45, 7) is 13.3. The highest BCUT2D eigenvalue weighted by molar-refractivity contribution is 5.79.